The fourth-order valence-electron chi connectivity index (χ4n) is 1.76. The Morgan fingerprint density at radius 3 is 2.74 bits per heavy atom. The fraction of sp³-hybridized carbons (Fsp3) is 0.231. The molecule has 0 bridgehead atoms. The normalized spacial score (nSPS) is 10.4. The highest BCUT2D eigenvalue weighted by Crippen LogP contribution is 2.17. The lowest BCUT2D eigenvalue weighted by molar-refractivity contribution is -0.116. The van der Waals surface area contributed by atoms with Gasteiger partial charge in [-0.2, -0.15) is 0 Å². The second-order valence-electron chi connectivity index (χ2n) is 4.35. The summed E-state index contributed by atoms with van der Waals surface area (Å²) in [5, 5.41) is 4.52. The highest BCUT2D eigenvalue weighted by Gasteiger charge is 2.09. The molecule has 0 aliphatic heterocycles. The Hall–Kier alpha value is -2.08. The first-order chi connectivity index (χ1) is 8.97. The van der Waals surface area contributed by atoms with Crippen LogP contribution in [0.4, 0.5) is 11.4 Å². The van der Waals surface area contributed by atoms with E-state index >= 15 is 0 Å². The Balaban J connectivity index is 2.12. The zero-order valence-corrected chi connectivity index (χ0v) is 11.6. The third kappa shape index (κ3) is 3.03. The van der Waals surface area contributed by atoms with Crippen molar-refractivity contribution in [3.63, 3.8) is 0 Å². The van der Waals surface area contributed by atoms with E-state index in [4.69, 9.17) is 5.73 Å². The first-order valence-corrected chi connectivity index (χ1v) is 6.66. The van der Waals surface area contributed by atoms with Crippen LogP contribution in [0.3, 0.4) is 0 Å². The minimum atomic E-state index is -0.225. The third-order valence-electron chi connectivity index (χ3n) is 2.80. The summed E-state index contributed by atoms with van der Waals surface area (Å²) in [6, 6.07) is 5.27. The molecule has 100 valence electrons. The van der Waals surface area contributed by atoms with Gasteiger partial charge in [0.25, 0.3) is 0 Å². The van der Waals surface area contributed by atoms with E-state index in [0.717, 1.165) is 22.6 Å². The van der Waals surface area contributed by atoms with Crippen LogP contribution in [0.15, 0.2) is 28.4 Å². The monoisotopic (exact) mass is 277 g/mol. The maximum atomic E-state index is 11.9. The smallest absolute Gasteiger partial charge is 0.307 e. The van der Waals surface area contributed by atoms with E-state index in [1.54, 1.807) is 30.5 Å². The Labute approximate surface area is 114 Å². The quantitative estimate of drug-likeness (QED) is 0.839. The maximum Gasteiger partial charge on any atom is 0.307 e. The number of aromatic nitrogens is 1. The van der Waals surface area contributed by atoms with Crippen molar-refractivity contribution < 1.29 is 4.79 Å². The minimum absolute atomic E-state index is 0.0258. The number of nitrogens with one attached hydrogen (secondary N) is 1. The molecule has 19 heavy (non-hydrogen) atoms. The minimum Gasteiger partial charge on any atom is -0.399 e. The average Bonchev–Trinajstić information content (AvgIpc) is 2.65. The van der Waals surface area contributed by atoms with Gasteiger partial charge in [0.2, 0.25) is 5.91 Å². The molecule has 0 atom stereocenters. The van der Waals surface area contributed by atoms with Crippen LogP contribution in [0, 0.1) is 13.8 Å². The molecular formula is C13H15N3O2S. The van der Waals surface area contributed by atoms with Crippen molar-refractivity contribution in [2.75, 3.05) is 11.1 Å². The molecule has 0 saturated carbocycles. The molecule has 1 heterocycles. The molecule has 0 radical (unpaired) electrons. The van der Waals surface area contributed by atoms with Gasteiger partial charge in [-0.25, -0.2) is 0 Å². The second-order valence-corrected chi connectivity index (χ2v) is 5.17. The number of thiazole rings is 1. The Morgan fingerprint density at radius 2 is 2.16 bits per heavy atom. The van der Waals surface area contributed by atoms with Gasteiger partial charge in [-0.05, 0) is 37.6 Å². The van der Waals surface area contributed by atoms with E-state index in [1.807, 2.05) is 6.92 Å². The standard InChI is InChI=1S/C13H15N3O2S/c1-8-5-10(14)3-4-11(8)15-12(17)6-16-9(2)7-19-13(16)18/h3-5,7H,6,14H2,1-2H3,(H,15,17). The number of rotatable bonds is 3. The van der Waals surface area contributed by atoms with Crippen molar-refractivity contribution in [3.8, 4) is 0 Å². The number of aryl methyl sites for hydroxylation is 2. The van der Waals surface area contributed by atoms with E-state index in [0.29, 0.717) is 11.4 Å². The van der Waals surface area contributed by atoms with E-state index < -0.39 is 0 Å². The van der Waals surface area contributed by atoms with E-state index in [1.165, 1.54) is 4.57 Å². The van der Waals surface area contributed by atoms with Crippen LogP contribution in [0.25, 0.3) is 0 Å². The first kappa shape index (κ1) is 13.4. The number of hydrogen-bond acceptors (Lipinski definition) is 4. The van der Waals surface area contributed by atoms with Gasteiger partial charge < -0.3 is 11.1 Å². The van der Waals surface area contributed by atoms with E-state index in [-0.39, 0.29) is 17.3 Å². The molecule has 0 unspecified atom stereocenters. The van der Waals surface area contributed by atoms with Gasteiger partial charge in [0.05, 0.1) is 0 Å². The van der Waals surface area contributed by atoms with Crippen LogP contribution in [-0.4, -0.2) is 10.5 Å². The number of carbonyl (C=O) groups is 1. The number of hydrogen-bond donors (Lipinski definition) is 2. The summed E-state index contributed by atoms with van der Waals surface area (Å²) in [7, 11) is 0. The molecule has 0 aliphatic carbocycles. The summed E-state index contributed by atoms with van der Waals surface area (Å²) in [6.45, 7) is 3.70. The fourth-order valence-corrected chi connectivity index (χ4v) is 2.49. The van der Waals surface area contributed by atoms with Gasteiger partial charge in [0, 0.05) is 22.4 Å². The zero-order chi connectivity index (χ0) is 14.0. The molecule has 1 amide bonds. The molecule has 0 spiro atoms. The largest absolute Gasteiger partial charge is 0.399 e. The van der Waals surface area contributed by atoms with Crippen molar-refractivity contribution in [2.24, 2.45) is 0 Å². The second kappa shape index (κ2) is 5.27. The molecule has 6 heteroatoms. The summed E-state index contributed by atoms with van der Waals surface area (Å²) < 4.78 is 1.45. The van der Waals surface area contributed by atoms with Crippen molar-refractivity contribution in [1.29, 1.82) is 0 Å². The number of benzene rings is 1. The molecular weight excluding hydrogens is 262 g/mol. The summed E-state index contributed by atoms with van der Waals surface area (Å²) in [5.74, 6) is -0.225. The lowest BCUT2D eigenvalue weighted by atomic mass is 10.2. The summed E-state index contributed by atoms with van der Waals surface area (Å²) in [5.41, 5.74) is 8.69. The summed E-state index contributed by atoms with van der Waals surface area (Å²) in [6.07, 6.45) is 0. The number of nitrogens with zero attached hydrogens (tertiary/aromatic N) is 1. The van der Waals surface area contributed by atoms with Crippen LogP contribution in [0.1, 0.15) is 11.3 Å². The van der Waals surface area contributed by atoms with Gasteiger partial charge in [-0.15, -0.1) is 0 Å². The third-order valence-corrected chi connectivity index (χ3v) is 3.68. The summed E-state index contributed by atoms with van der Waals surface area (Å²) in [4.78, 5) is 23.3. The molecule has 2 rings (SSSR count). The first-order valence-electron chi connectivity index (χ1n) is 5.78. The molecule has 0 aliphatic rings. The maximum absolute atomic E-state index is 11.9. The van der Waals surface area contributed by atoms with Gasteiger partial charge >= 0.3 is 4.87 Å². The summed E-state index contributed by atoms with van der Waals surface area (Å²) >= 11 is 1.10. The van der Waals surface area contributed by atoms with Crippen LogP contribution in [0.5, 0.6) is 0 Å². The number of carbonyl (C=O) groups excluding carboxylic acids is 1. The average molecular weight is 277 g/mol. The highest BCUT2D eigenvalue weighted by molar-refractivity contribution is 7.07. The van der Waals surface area contributed by atoms with Crippen LogP contribution in [-0.2, 0) is 11.3 Å². The van der Waals surface area contributed by atoms with Gasteiger partial charge in [0.1, 0.15) is 6.54 Å². The lowest BCUT2D eigenvalue weighted by Gasteiger charge is -2.09. The Kier molecular flexibility index (Phi) is 3.71. The SMILES string of the molecule is Cc1cc(N)ccc1NC(=O)Cn1c(C)csc1=O. The number of amides is 1. The highest BCUT2D eigenvalue weighted by atomic mass is 32.1. The Morgan fingerprint density at radius 1 is 1.42 bits per heavy atom. The molecule has 1 aromatic heterocycles. The van der Waals surface area contributed by atoms with Crippen LogP contribution < -0.4 is 15.9 Å². The van der Waals surface area contributed by atoms with E-state index in [9.17, 15) is 9.59 Å². The van der Waals surface area contributed by atoms with Gasteiger partial charge in [-0.1, -0.05) is 11.3 Å². The molecule has 3 N–H and O–H groups in total. The molecule has 0 saturated heterocycles. The molecule has 2 aromatic rings. The lowest BCUT2D eigenvalue weighted by Crippen LogP contribution is -2.25. The molecule has 0 fully saturated rings. The van der Waals surface area contributed by atoms with Crippen molar-refractivity contribution in [2.45, 2.75) is 20.4 Å². The van der Waals surface area contributed by atoms with Crippen LogP contribution >= 0.6 is 11.3 Å². The Bertz CT molecular complexity index is 673. The van der Waals surface area contributed by atoms with Crippen LogP contribution in [0.2, 0.25) is 0 Å². The topological polar surface area (TPSA) is 77.1 Å². The molecule has 5 nitrogen and oxygen atoms in total. The number of nitrogen functional groups attached to an aromatic ring is 1. The van der Waals surface area contributed by atoms with Crippen molar-refractivity contribution in [3.05, 3.63) is 44.5 Å². The predicted octanol–water partition coefficient (Wildman–Crippen LogP) is 1.75. The van der Waals surface area contributed by atoms with Crippen molar-refractivity contribution >= 4 is 28.6 Å². The predicted molar refractivity (Wildman–Crippen MR) is 77.5 cm³/mol. The van der Waals surface area contributed by atoms with Gasteiger partial charge in [0.15, 0.2) is 0 Å². The number of nitrogens with two attached hydrogens (primary N) is 1. The number of anilines is 2. The van der Waals surface area contributed by atoms with E-state index in [2.05, 4.69) is 5.32 Å². The zero-order valence-electron chi connectivity index (χ0n) is 10.8. The van der Waals surface area contributed by atoms with Crippen molar-refractivity contribution in [1.82, 2.24) is 4.57 Å². The van der Waals surface area contributed by atoms with Gasteiger partial charge in [-0.3, -0.25) is 14.2 Å². The molecule has 1 aromatic carbocycles.